The maximum atomic E-state index is 12.7. The first-order valence-electron chi connectivity index (χ1n) is 9.81. The zero-order valence-corrected chi connectivity index (χ0v) is 17.2. The number of esters is 1. The van der Waals surface area contributed by atoms with Crippen molar-refractivity contribution in [2.24, 2.45) is 0 Å². The Morgan fingerprint density at radius 2 is 1.79 bits per heavy atom. The average Bonchev–Trinajstić information content (AvgIpc) is 3.26. The fraction of sp³-hybridized carbons (Fsp3) is 0.455. The van der Waals surface area contributed by atoms with Crippen LogP contribution in [0.1, 0.15) is 41.4 Å². The molecule has 0 saturated carbocycles. The molecule has 0 aliphatic carbocycles. The van der Waals surface area contributed by atoms with E-state index in [1.807, 2.05) is 39.9 Å². The van der Waals surface area contributed by atoms with Gasteiger partial charge in [0.25, 0.3) is 0 Å². The quantitative estimate of drug-likeness (QED) is 0.668. The minimum absolute atomic E-state index is 0.133. The number of para-hydroxylation sites is 1. The highest BCUT2D eigenvalue weighted by Crippen LogP contribution is 2.32. The summed E-state index contributed by atoms with van der Waals surface area (Å²) < 4.78 is 17.6. The number of methoxy groups -OCH3 is 3. The summed E-state index contributed by atoms with van der Waals surface area (Å²) in [6.45, 7) is 1.36. The number of piperidine rings is 1. The molecule has 156 valence electrons. The highest BCUT2D eigenvalue weighted by Gasteiger charge is 2.26. The van der Waals surface area contributed by atoms with Crippen molar-refractivity contribution in [2.75, 3.05) is 34.4 Å². The average molecular weight is 400 g/mol. The maximum Gasteiger partial charge on any atom is 0.354 e. The van der Waals surface area contributed by atoms with E-state index < -0.39 is 0 Å². The van der Waals surface area contributed by atoms with Crippen LogP contribution in [0.3, 0.4) is 0 Å². The zero-order valence-electron chi connectivity index (χ0n) is 17.2. The number of aromatic nitrogens is 1. The van der Waals surface area contributed by atoms with Gasteiger partial charge in [-0.2, -0.15) is 0 Å². The predicted molar refractivity (Wildman–Crippen MR) is 108 cm³/mol. The van der Waals surface area contributed by atoms with E-state index in [1.54, 1.807) is 20.3 Å². The molecule has 0 unspecified atom stereocenters. The monoisotopic (exact) mass is 400 g/mol. The number of carbonyl (C=O) groups excluding carboxylic acids is 2. The third-order valence-corrected chi connectivity index (χ3v) is 5.48. The molecule has 0 spiro atoms. The number of amides is 1. The summed E-state index contributed by atoms with van der Waals surface area (Å²) in [4.78, 5) is 26.5. The smallest absolute Gasteiger partial charge is 0.354 e. The summed E-state index contributed by atoms with van der Waals surface area (Å²) >= 11 is 0. The van der Waals surface area contributed by atoms with Crippen molar-refractivity contribution in [1.29, 1.82) is 0 Å². The van der Waals surface area contributed by atoms with Crippen LogP contribution in [0, 0.1) is 0 Å². The van der Waals surface area contributed by atoms with Crippen molar-refractivity contribution in [3.05, 3.63) is 47.8 Å². The number of benzene rings is 1. The summed E-state index contributed by atoms with van der Waals surface area (Å²) in [5, 5.41) is 0. The first kappa shape index (κ1) is 20.8. The van der Waals surface area contributed by atoms with Crippen molar-refractivity contribution in [1.82, 2.24) is 9.47 Å². The Morgan fingerprint density at radius 3 is 2.45 bits per heavy atom. The molecule has 7 nitrogen and oxygen atoms in total. The molecule has 2 heterocycles. The van der Waals surface area contributed by atoms with Crippen LogP contribution in [-0.4, -0.2) is 55.8 Å². The second-order valence-electron chi connectivity index (χ2n) is 7.06. The largest absolute Gasteiger partial charge is 0.493 e. The second kappa shape index (κ2) is 9.49. The lowest BCUT2D eigenvalue weighted by molar-refractivity contribution is -0.132. The molecule has 2 aromatic rings. The number of ether oxygens (including phenoxy) is 3. The summed E-state index contributed by atoms with van der Waals surface area (Å²) in [6.07, 6.45) is 4.55. The molecule has 1 fully saturated rings. The summed E-state index contributed by atoms with van der Waals surface area (Å²) in [5.41, 5.74) is 1.52. The van der Waals surface area contributed by atoms with E-state index in [0.29, 0.717) is 43.1 Å². The van der Waals surface area contributed by atoms with Gasteiger partial charge in [0.1, 0.15) is 5.69 Å². The first-order valence-corrected chi connectivity index (χ1v) is 9.81. The van der Waals surface area contributed by atoms with Crippen molar-refractivity contribution >= 4 is 11.9 Å². The summed E-state index contributed by atoms with van der Waals surface area (Å²) in [6, 6.07) is 9.53. The SMILES string of the molecule is COC(=O)c1cccn1C1CCN(C(=O)CCc2cccc(OC)c2OC)CC1. The topological polar surface area (TPSA) is 70.0 Å². The van der Waals surface area contributed by atoms with Crippen LogP contribution in [0.25, 0.3) is 0 Å². The fourth-order valence-electron chi connectivity index (χ4n) is 3.93. The Balaban J connectivity index is 1.56. The normalized spacial score (nSPS) is 14.5. The van der Waals surface area contributed by atoms with Crippen LogP contribution >= 0.6 is 0 Å². The van der Waals surface area contributed by atoms with Gasteiger partial charge in [-0.05, 0) is 43.0 Å². The van der Waals surface area contributed by atoms with E-state index in [1.165, 1.54) is 7.11 Å². The van der Waals surface area contributed by atoms with Crippen LogP contribution in [-0.2, 0) is 16.0 Å². The van der Waals surface area contributed by atoms with Crippen LogP contribution in [0.5, 0.6) is 11.5 Å². The molecule has 0 bridgehead atoms. The molecule has 29 heavy (non-hydrogen) atoms. The highest BCUT2D eigenvalue weighted by molar-refractivity contribution is 5.87. The lowest BCUT2D eigenvalue weighted by Crippen LogP contribution is -2.39. The molecule has 0 N–H and O–H groups in total. The van der Waals surface area contributed by atoms with Crippen LogP contribution < -0.4 is 9.47 Å². The molecule has 1 aliphatic heterocycles. The summed E-state index contributed by atoms with van der Waals surface area (Å²) in [5.74, 6) is 1.16. The number of likely N-dealkylation sites (tertiary alicyclic amines) is 1. The number of aryl methyl sites for hydroxylation is 1. The number of carbonyl (C=O) groups is 2. The molecule has 0 atom stereocenters. The third kappa shape index (κ3) is 4.55. The molecule has 0 radical (unpaired) electrons. The molecule has 3 rings (SSSR count). The van der Waals surface area contributed by atoms with Crippen LogP contribution in [0.2, 0.25) is 0 Å². The molecular weight excluding hydrogens is 372 g/mol. The van der Waals surface area contributed by atoms with Gasteiger partial charge in [0.05, 0.1) is 21.3 Å². The lowest BCUT2D eigenvalue weighted by Gasteiger charge is -2.33. The van der Waals surface area contributed by atoms with Crippen molar-refractivity contribution in [3.8, 4) is 11.5 Å². The van der Waals surface area contributed by atoms with Gasteiger partial charge in [-0.15, -0.1) is 0 Å². The Labute approximate surface area is 171 Å². The number of rotatable bonds is 7. The van der Waals surface area contributed by atoms with Crippen molar-refractivity contribution in [2.45, 2.75) is 31.7 Å². The van der Waals surface area contributed by atoms with Gasteiger partial charge in [-0.25, -0.2) is 4.79 Å². The van der Waals surface area contributed by atoms with Gasteiger partial charge in [-0.3, -0.25) is 4.79 Å². The summed E-state index contributed by atoms with van der Waals surface area (Å²) in [7, 11) is 4.60. The lowest BCUT2D eigenvalue weighted by atomic mass is 10.0. The van der Waals surface area contributed by atoms with Gasteiger partial charge in [0.15, 0.2) is 11.5 Å². The minimum Gasteiger partial charge on any atom is -0.493 e. The molecule has 1 aromatic heterocycles. The molecule has 7 heteroatoms. The van der Waals surface area contributed by atoms with Crippen LogP contribution in [0.4, 0.5) is 0 Å². The van der Waals surface area contributed by atoms with Gasteiger partial charge in [0.2, 0.25) is 5.91 Å². The Kier molecular flexibility index (Phi) is 6.80. The Morgan fingerprint density at radius 1 is 1.03 bits per heavy atom. The van der Waals surface area contributed by atoms with E-state index >= 15 is 0 Å². The van der Waals surface area contributed by atoms with E-state index in [4.69, 9.17) is 14.2 Å². The van der Waals surface area contributed by atoms with Crippen molar-refractivity contribution in [3.63, 3.8) is 0 Å². The van der Waals surface area contributed by atoms with Gasteiger partial charge in [-0.1, -0.05) is 12.1 Å². The first-order chi connectivity index (χ1) is 14.1. The van der Waals surface area contributed by atoms with Gasteiger partial charge >= 0.3 is 5.97 Å². The van der Waals surface area contributed by atoms with Crippen molar-refractivity contribution < 1.29 is 23.8 Å². The highest BCUT2D eigenvalue weighted by atomic mass is 16.5. The fourth-order valence-corrected chi connectivity index (χ4v) is 3.93. The number of nitrogens with zero attached hydrogens (tertiary/aromatic N) is 2. The van der Waals surface area contributed by atoms with Gasteiger partial charge < -0.3 is 23.7 Å². The molecule has 1 amide bonds. The Hall–Kier alpha value is -2.96. The Bertz CT molecular complexity index is 853. The molecule has 1 aliphatic rings. The van der Waals surface area contributed by atoms with E-state index in [9.17, 15) is 9.59 Å². The second-order valence-corrected chi connectivity index (χ2v) is 7.06. The molecular formula is C22H28N2O5. The number of hydrogen-bond acceptors (Lipinski definition) is 5. The third-order valence-electron chi connectivity index (χ3n) is 5.48. The maximum absolute atomic E-state index is 12.7. The van der Waals surface area contributed by atoms with Gasteiger partial charge in [0, 0.05) is 31.7 Å². The number of hydrogen-bond donors (Lipinski definition) is 0. The van der Waals surface area contributed by atoms with E-state index in [2.05, 4.69) is 0 Å². The molecule has 1 aromatic carbocycles. The van der Waals surface area contributed by atoms with E-state index in [0.717, 1.165) is 18.4 Å². The molecule has 1 saturated heterocycles. The minimum atomic E-state index is -0.333. The van der Waals surface area contributed by atoms with E-state index in [-0.39, 0.29) is 17.9 Å². The van der Waals surface area contributed by atoms with Crippen LogP contribution in [0.15, 0.2) is 36.5 Å². The predicted octanol–water partition coefficient (Wildman–Crippen LogP) is 3.09. The standard InChI is InChI=1S/C22H28N2O5/c1-27-19-8-4-6-16(21(19)28-2)9-10-20(25)23-14-11-17(12-15-23)24-13-5-7-18(24)22(26)29-3/h4-8,13,17H,9-12,14-15H2,1-3H3. The zero-order chi connectivity index (χ0) is 20.8.